The lowest BCUT2D eigenvalue weighted by Crippen LogP contribution is -2.42. The minimum absolute atomic E-state index is 0.00571. The first-order chi connectivity index (χ1) is 12.8. The number of aromatic hydroxyl groups is 1. The number of nitrogens with zero attached hydrogens (tertiary/aromatic N) is 1. The molecule has 1 fully saturated rings. The summed E-state index contributed by atoms with van der Waals surface area (Å²) >= 11 is 0. The van der Waals surface area contributed by atoms with Crippen LogP contribution in [-0.2, 0) is 16.6 Å². The Bertz CT molecular complexity index is 809. The fraction of sp³-hybridized carbons (Fsp3) is 0.409. The average Bonchev–Trinajstić information content (AvgIpc) is 3.35. The average molecular weight is 370 g/mol. The summed E-state index contributed by atoms with van der Waals surface area (Å²) in [6.07, 6.45) is 1.45. The maximum atomic E-state index is 13.6. The molecule has 27 heavy (non-hydrogen) atoms. The van der Waals surface area contributed by atoms with Crippen LogP contribution in [0.15, 0.2) is 48.5 Å². The van der Waals surface area contributed by atoms with Crippen molar-refractivity contribution in [2.75, 3.05) is 20.6 Å². The van der Waals surface area contributed by atoms with Gasteiger partial charge in [0.2, 0.25) is 5.91 Å². The number of carbonyl (C=O) groups is 1. The molecule has 0 radical (unpaired) electrons. The van der Waals surface area contributed by atoms with Crippen LogP contribution in [0.25, 0.3) is 0 Å². The van der Waals surface area contributed by atoms with Gasteiger partial charge >= 0.3 is 0 Å². The van der Waals surface area contributed by atoms with Gasteiger partial charge in [0.15, 0.2) is 11.6 Å². The van der Waals surface area contributed by atoms with Gasteiger partial charge < -0.3 is 15.3 Å². The first kappa shape index (κ1) is 19.4. The van der Waals surface area contributed by atoms with Gasteiger partial charge in [-0.1, -0.05) is 43.3 Å². The van der Waals surface area contributed by atoms with Crippen molar-refractivity contribution in [1.82, 2.24) is 10.2 Å². The van der Waals surface area contributed by atoms with E-state index in [0.29, 0.717) is 13.0 Å². The molecule has 4 nitrogen and oxygen atoms in total. The lowest BCUT2D eigenvalue weighted by molar-refractivity contribution is -0.122. The number of amides is 1. The number of phenols is 1. The van der Waals surface area contributed by atoms with E-state index in [-0.39, 0.29) is 29.0 Å². The van der Waals surface area contributed by atoms with Crippen LogP contribution < -0.4 is 5.32 Å². The molecule has 0 aromatic heterocycles. The van der Waals surface area contributed by atoms with E-state index in [1.54, 1.807) is 6.07 Å². The molecule has 0 heterocycles. The Morgan fingerprint density at radius 2 is 2.00 bits per heavy atom. The molecule has 1 aliphatic carbocycles. The summed E-state index contributed by atoms with van der Waals surface area (Å²) in [5.41, 5.74) is 1.91. The van der Waals surface area contributed by atoms with E-state index < -0.39 is 5.82 Å². The van der Waals surface area contributed by atoms with Crippen LogP contribution in [0.4, 0.5) is 4.39 Å². The van der Waals surface area contributed by atoms with E-state index in [4.69, 9.17) is 0 Å². The molecular weight excluding hydrogens is 343 g/mol. The Morgan fingerprint density at radius 1 is 1.30 bits per heavy atom. The molecule has 0 aliphatic heterocycles. The van der Waals surface area contributed by atoms with Gasteiger partial charge in [0.25, 0.3) is 0 Å². The van der Waals surface area contributed by atoms with E-state index in [1.165, 1.54) is 17.7 Å². The largest absolute Gasteiger partial charge is 0.505 e. The predicted molar refractivity (Wildman–Crippen MR) is 104 cm³/mol. The molecule has 0 saturated heterocycles. The highest BCUT2D eigenvalue weighted by molar-refractivity contribution is 5.84. The zero-order valence-electron chi connectivity index (χ0n) is 16.1. The second-order valence-electron chi connectivity index (χ2n) is 7.89. The van der Waals surface area contributed by atoms with Gasteiger partial charge in [-0.25, -0.2) is 4.39 Å². The first-order valence-corrected chi connectivity index (χ1v) is 9.28. The maximum Gasteiger partial charge on any atom is 0.224 e. The molecule has 2 aromatic carbocycles. The Balaban J connectivity index is 1.58. The van der Waals surface area contributed by atoms with E-state index in [9.17, 15) is 14.3 Å². The molecule has 3 rings (SSSR count). The summed E-state index contributed by atoms with van der Waals surface area (Å²) in [5, 5.41) is 12.4. The second kappa shape index (κ2) is 7.69. The van der Waals surface area contributed by atoms with Gasteiger partial charge in [-0.3, -0.25) is 4.79 Å². The Labute approximate surface area is 160 Å². The fourth-order valence-electron chi connectivity index (χ4n) is 3.61. The van der Waals surface area contributed by atoms with Crippen LogP contribution in [-0.4, -0.2) is 42.6 Å². The molecule has 3 atom stereocenters. The predicted octanol–water partition coefficient (Wildman–Crippen LogP) is 3.10. The third-order valence-corrected chi connectivity index (χ3v) is 5.71. The lowest BCUT2D eigenvalue weighted by Gasteiger charge is -2.25. The van der Waals surface area contributed by atoms with Crippen molar-refractivity contribution in [2.24, 2.45) is 5.92 Å². The molecule has 1 saturated carbocycles. The number of phenolic OH excluding ortho intramolecular Hbond substituents is 1. The number of hydrogen-bond acceptors (Lipinski definition) is 3. The van der Waals surface area contributed by atoms with Crippen LogP contribution in [0.2, 0.25) is 0 Å². The topological polar surface area (TPSA) is 52.6 Å². The third kappa shape index (κ3) is 4.30. The maximum absolute atomic E-state index is 13.6. The van der Waals surface area contributed by atoms with Crippen LogP contribution in [0.3, 0.4) is 0 Å². The number of hydrogen-bond donors (Lipinski definition) is 2. The molecule has 1 unspecified atom stereocenters. The standard InChI is InChI=1S/C22H27FN2O2/c1-22(16-7-5-4-6-8-16)13-18(22)21(27)24-14-17(25(2)3)11-15-9-10-20(26)19(23)12-15/h4-10,12,17-18,26H,11,13-14H2,1-3H3,(H,24,27)/t17?,18-,22+/m0/s1. The van der Waals surface area contributed by atoms with Crippen LogP contribution in [0.5, 0.6) is 5.75 Å². The number of halogens is 1. The van der Waals surface area contributed by atoms with Crippen molar-refractivity contribution in [2.45, 2.75) is 31.2 Å². The van der Waals surface area contributed by atoms with Crippen LogP contribution in [0.1, 0.15) is 24.5 Å². The summed E-state index contributed by atoms with van der Waals surface area (Å²) in [6.45, 7) is 2.63. The zero-order chi connectivity index (χ0) is 19.6. The molecule has 2 N–H and O–H groups in total. The van der Waals surface area contributed by atoms with Crippen molar-refractivity contribution in [3.05, 3.63) is 65.5 Å². The second-order valence-corrected chi connectivity index (χ2v) is 7.89. The van der Waals surface area contributed by atoms with Crippen molar-refractivity contribution in [1.29, 1.82) is 0 Å². The molecule has 5 heteroatoms. The molecule has 144 valence electrons. The van der Waals surface area contributed by atoms with Crippen molar-refractivity contribution < 1.29 is 14.3 Å². The lowest BCUT2D eigenvalue weighted by atomic mass is 9.95. The van der Waals surface area contributed by atoms with E-state index in [2.05, 4.69) is 24.4 Å². The monoisotopic (exact) mass is 370 g/mol. The van der Waals surface area contributed by atoms with Gasteiger partial charge in [0.05, 0.1) is 0 Å². The van der Waals surface area contributed by atoms with Crippen LogP contribution >= 0.6 is 0 Å². The molecule has 1 aliphatic rings. The smallest absolute Gasteiger partial charge is 0.224 e. The van der Waals surface area contributed by atoms with E-state index in [1.807, 2.05) is 37.2 Å². The zero-order valence-corrected chi connectivity index (χ0v) is 16.1. The number of likely N-dealkylation sites (N-methyl/N-ethyl adjacent to an activating group) is 1. The van der Waals surface area contributed by atoms with Crippen molar-refractivity contribution >= 4 is 5.91 Å². The first-order valence-electron chi connectivity index (χ1n) is 9.28. The highest BCUT2D eigenvalue weighted by Crippen LogP contribution is 2.53. The highest BCUT2D eigenvalue weighted by Gasteiger charge is 2.55. The SMILES string of the molecule is CN(C)C(CNC(=O)[C@@H]1C[C@]1(C)c1ccccc1)Cc1ccc(O)c(F)c1. The third-order valence-electron chi connectivity index (χ3n) is 5.71. The van der Waals surface area contributed by atoms with Gasteiger partial charge in [-0.15, -0.1) is 0 Å². The molecule has 0 bridgehead atoms. The minimum atomic E-state index is -0.620. The Kier molecular flexibility index (Phi) is 5.51. The Hall–Kier alpha value is -2.40. The van der Waals surface area contributed by atoms with Gasteiger partial charge in [0, 0.05) is 23.9 Å². The summed E-state index contributed by atoms with van der Waals surface area (Å²) in [4.78, 5) is 14.7. The van der Waals surface area contributed by atoms with Gasteiger partial charge in [0.1, 0.15) is 0 Å². The summed E-state index contributed by atoms with van der Waals surface area (Å²) < 4.78 is 13.6. The van der Waals surface area contributed by atoms with Gasteiger partial charge in [-0.05, 0) is 50.2 Å². The quantitative estimate of drug-likeness (QED) is 0.787. The minimum Gasteiger partial charge on any atom is -0.505 e. The van der Waals surface area contributed by atoms with Gasteiger partial charge in [-0.2, -0.15) is 0 Å². The molecule has 1 amide bonds. The summed E-state index contributed by atoms with van der Waals surface area (Å²) in [7, 11) is 3.89. The summed E-state index contributed by atoms with van der Waals surface area (Å²) in [5.74, 6) is -0.896. The normalized spacial score (nSPS) is 22.5. The number of carbonyl (C=O) groups excluding carboxylic acids is 1. The molecule has 0 spiro atoms. The number of benzene rings is 2. The van der Waals surface area contributed by atoms with Crippen molar-refractivity contribution in [3.8, 4) is 5.75 Å². The highest BCUT2D eigenvalue weighted by atomic mass is 19.1. The molecular formula is C22H27FN2O2. The van der Waals surface area contributed by atoms with E-state index in [0.717, 1.165) is 12.0 Å². The fourth-order valence-corrected chi connectivity index (χ4v) is 3.61. The molecule has 2 aromatic rings. The number of nitrogens with one attached hydrogen (secondary N) is 1. The number of rotatable bonds is 7. The van der Waals surface area contributed by atoms with Crippen molar-refractivity contribution in [3.63, 3.8) is 0 Å². The summed E-state index contributed by atoms with van der Waals surface area (Å²) in [6, 6.07) is 14.6. The van der Waals surface area contributed by atoms with E-state index >= 15 is 0 Å². The van der Waals surface area contributed by atoms with Crippen LogP contribution in [0, 0.1) is 11.7 Å². The Morgan fingerprint density at radius 3 is 2.63 bits per heavy atom.